The SMILES string of the molecule is CCNC(=NCC1CCC(CC)CC1)NCC.I. The molecule has 1 fully saturated rings. The summed E-state index contributed by atoms with van der Waals surface area (Å²) in [5.74, 6) is 2.77. The molecule has 108 valence electrons. The van der Waals surface area contributed by atoms with E-state index in [4.69, 9.17) is 0 Å². The van der Waals surface area contributed by atoms with Gasteiger partial charge < -0.3 is 10.6 Å². The monoisotopic (exact) mass is 367 g/mol. The molecule has 1 aliphatic carbocycles. The van der Waals surface area contributed by atoms with Gasteiger partial charge in [-0.05, 0) is 38.5 Å². The van der Waals surface area contributed by atoms with Crippen molar-refractivity contribution in [3.8, 4) is 0 Å². The largest absolute Gasteiger partial charge is 0.357 e. The van der Waals surface area contributed by atoms with E-state index in [9.17, 15) is 0 Å². The minimum absolute atomic E-state index is 0. The van der Waals surface area contributed by atoms with E-state index in [1.165, 1.54) is 32.1 Å². The van der Waals surface area contributed by atoms with Gasteiger partial charge in [-0.25, -0.2) is 0 Å². The van der Waals surface area contributed by atoms with Gasteiger partial charge in [0.1, 0.15) is 0 Å². The van der Waals surface area contributed by atoms with Crippen molar-refractivity contribution in [1.29, 1.82) is 0 Å². The van der Waals surface area contributed by atoms with E-state index in [1.807, 2.05) is 0 Å². The molecule has 0 unspecified atom stereocenters. The Kier molecular flexibility index (Phi) is 10.9. The Bertz CT molecular complexity index is 215. The molecule has 18 heavy (non-hydrogen) atoms. The van der Waals surface area contributed by atoms with Crippen LogP contribution in [0.3, 0.4) is 0 Å². The van der Waals surface area contributed by atoms with E-state index in [-0.39, 0.29) is 24.0 Å². The second kappa shape index (κ2) is 10.9. The van der Waals surface area contributed by atoms with E-state index in [0.29, 0.717) is 0 Å². The number of halogens is 1. The zero-order chi connectivity index (χ0) is 12.5. The highest BCUT2D eigenvalue weighted by molar-refractivity contribution is 14.0. The zero-order valence-corrected chi connectivity index (χ0v) is 14.5. The van der Waals surface area contributed by atoms with Crippen LogP contribution in [-0.4, -0.2) is 25.6 Å². The van der Waals surface area contributed by atoms with Crippen molar-refractivity contribution in [2.75, 3.05) is 19.6 Å². The molecule has 0 aliphatic heterocycles. The minimum Gasteiger partial charge on any atom is -0.357 e. The molecule has 0 bridgehead atoms. The summed E-state index contributed by atoms with van der Waals surface area (Å²) in [6.45, 7) is 9.41. The summed E-state index contributed by atoms with van der Waals surface area (Å²) >= 11 is 0. The van der Waals surface area contributed by atoms with Gasteiger partial charge in [0.2, 0.25) is 0 Å². The van der Waals surface area contributed by atoms with Crippen LogP contribution in [-0.2, 0) is 0 Å². The summed E-state index contributed by atoms with van der Waals surface area (Å²) in [6, 6.07) is 0. The summed E-state index contributed by atoms with van der Waals surface area (Å²) in [5, 5.41) is 6.56. The van der Waals surface area contributed by atoms with Crippen LogP contribution in [0.2, 0.25) is 0 Å². The fraction of sp³-hybridized carbons (Fsp3) is 0.929. The molecule has 0 aromatic heterocycles. The molecule has 0 amide bonds. The summed E-state index contributed by atoms with van der Waals surface area (Å²) in [7, 11) is 0. The van der Waals surface area contributed by atoms with Gasteiger partial charge in [0, 0.05) is 19.6 Å². The lowest BCUT2D eigenvalue weighted by molar-refractivity contribution is 0.274. The maximum absolute atomic E-state index is 4.67. The van der Waals surface area contributed by atoms with Gasteiger partial charge in [0.25, 0.3) is 0 Å². The molecule has 3 nitrogen and oxygen atoms in total. The van der Waals surface area contributed by atoms with Crippen molar-refractivity contribution in [3.05, 3.63) is 0 Å². The van der Waals surface area contributed by atoms with Crippen LogP contribution in [0.4, 0.5) is 0 Å². The second-order valence-electron chi connectivity index (χ2n) is 5.04. The molecular formula is C14H30IN3. The van der Waals surface area contributed by atoms with Crippen molar-refractivity contribution in [2.45, 2.75) is 52.9 Å². The first kappa shape index (κ1) is 18.0. The predicted octanol–water partition coefficient (Wildman–Crippen LogP) is 3.40. The average molecular weight is 367 g/mol. The Morgan fingerprint density at radius 2 is 1.44 bits per heavy atom. The van der Waals surface area contributed by atoms with Crippen molar-refractivity contribution in [3.63, 3.8) is 0 Å². The Morgan fingerprint density at radius 1 is 0.944 bits per heavy atom. The van der Waals surface area contributed by atoms with Gasteiger partial charge >= 0.3 is 0 Å². The molecule has 0 radical (unpaired) electrons. The van der Waals surface area contributed by atoms with Crippen LogP contribution in [0.15, 0.2) is 4.99 Å². The first-order valence-electron chi connectivity index (χ1n) is 7.32. The molecule has 1 rings (SSSR count). The summed E-state index contributed by atoms with van der Waals surface area (Å²) in [5.41, 5.74) is 0. The first-order valence-corrected chi connectivity index (χ1v) is 7.32. The fourth-order valence-corrected chi connectivity index (χ4v) is 2.55. The Balaban J connectivity index is 0.00000289. The number of rotatable bonds is 5. The Morgan fingerprint density at radius 3 is 1.89 bits per heavy atom. The molecule has 0 aromatic rings. The fourth-order valence-electron chi connectivity index (χ4n) is 2.55. The molecule has 1 saturated carbocycles. The van der Waals surface area contributed by atoms with Crippen LogP contribution in [0.25, 0.3) is 0 Å². The van der Waals surface area contributed by atoms with Crippen LogP contribution >= 0.6 is 24.0 Å². The van der Waals surface area contributed by atoms with Gasteiger partial charge in [-0.2, -0.15) is 0 Å². The van der Waals surface area contributed by atoms with Crippen molar-refractivity contribution in [1.82, 2.24) is 10.6 Å². The van der Waals surface area contributed by atoms with E-state index in [2.05, 4.69) is 36.4 Å². The highest BCUT2D eigenvalue weighted by atomic mass is 127. The summed E-state index contributed by atoms with van der Waals surface area (Å²) in [4.78, 5) is 4.67. The summed E-state index contributed by atoms with van der Waals surface area (Å²) < 4.78 is 0. The highest BCUT2D eigenvalue weighted by Crippen LogP contribution is 2.30. The zero-order valence-electron chi connectivity index (χ0n) is 12.2. The number of aliphatic imine (C=N–C) groups is 1. The molecule has 2 N–H and O–H groups in total. The van der Waals surface area contributed by atoms with Crippen LogP contribution < -0.4 is 10.6 Å². The van der Waals surface area contributed by atoms with E-state index in [0.717, 1.165) is 37.4 Å². The summed E-state index contributed by atoms with van der Waals surface area (Å²) in [6.07, 6.45) is 6.92. The maximum atomic E-state index is 4.67. The topological polar surface area (TPSA) is 36.4 Å². The lowest BCUT2D eigenvalue weighted by Crippen LogP contribution is -2.37. The normalized spacial score (nSPS) is 22.8. The number of nitrogens with one attached hydrogen (secondary N) is 2. The van der Waals surface area contributed by atoms with E-state index >= 15 is 0 Å². The third-order valence-electron chi connectivity index (χ3n) is 3.74. The van der Waals surface area contributed by atoms with Gasteiger partial charge in [-0.15, -0.1) is 24.0 Å². The van der Waals surface area contributed by atoms with Crippen molar-refractivity contribution < 1.29 is 0 Å². The smallest absolute Gasteiger partial charge is 0.191 e. The van der Waals surface area contributed by atoms with E-state index < -0.39 is 0 Å². The Hall–Kier alpha value is 0. The van der Waals surface area contributed by atoms with Crippen molar-refractivity contribution >= 4 is 29.9 Å². The van der Waals surface area contributed by atoms with Crippen LogP contribution in [0.1, 0.15) is 52.9 Å². The predicted molar refractivity (Wildman–Crippen MR) is 90.8 cm³/mol. The molecular weight excluding hydrogens is 337 g/mol. The third-order valence-corrected chi connectivity index (χ3v) is 3.74. The van der Waals surface area contributed by atoms with Crippen LogP contribution in [0.5, 0.6) is 0 Å². The minimum atomic E-state index is 0. The number of hydrogen-bond donors (Lipinski definition) is 2. The molecule has 1 aliphatic rings. The van der Waals surface area contributed by atoms with Crippen LogP contribution in [0, 0.1) is 11.8 Å². The van der Waals surface area contributed by atoms with Gasteiger partial charge in [0.15, 0.2) is 5.96 Å². The second-order valence-corrected chi connectivity index (χ2v) is 5.04. The molecule has 0 spiro atoms. The standard InChI is InChI=1S/C14H29N3.HI/c1-4-12-7-9-13(10-8-12)11-17-14(15-5-2)16-6-3;/h12-13H,4-11H2,1-3H3,(H2,15,16,17);1H. The number of guanidine groups is 1. The molecule has 0 heterocycles. The third kappa shape index (κ3) is 6.81. The van der Waals surface area contributed by atoms with Gasteiger partial charge in [0.05, 0.1) is 0 Å². The number of hydrogen-bond acceptors (Lipinski definition) is 1. The van der Waals surface area contributed by atoms with Gasteiger partial charge in [-0.3, -0.25) is 4.99 Å². The lowest BCUT2D eigenvalue weighted by atomic mass is 9.81. The van der Waals surface area contributed by atoms with E-state index in [1.54, 1.807) is 0 Å². The van der Waals surface area contributed by atoms with Gasteiger partial charge in [-0.1, -0.05) is 26.2 Å². The first-order chi connectivity index (χ1) is 8.30. The lowest BCUT2D eigenvalue weighted by Gasteiger charge is -2.26. The van der Waals surface area contributed by atoms with Crippen molar-refractivity contribution in [2.24, 2.45) is 16.8 Å². The molecule has 0 aromatic carbocycles. The molecule has 4 heteroatoms. The molecule has 0 saturated heterocycles. The Labute approximate surface area is 130 Å². The highest BCUT2D eigenvalue weighted by Gasteiger charge is 2.19. The molecule has 0 atom stereocenters. The quantitative estimate of drug-likeness (QED) is 0.444. The average Bonchev–Trinajstić information content (AvgIpc) is 2.37. The number of nitrogens with zero attached hydrogens (tertiary/aromatic N) is 1. The maximum Gasteiger partial charge on any atom is 0.191 e.